The van der Waals surface area contributed by atoms with Gasteiger partial charge in [-0.3, -0.25) is 0 Å². The van der Waals surface area contributed by atoms with E-state index in [-0.39, 0.29) is 6.10 Å². The number of fused-ring (bicyclic) bond motifs is 1. The monoisotopic (exact) mass is 288 g/mol. The van der Waals surface area contributed by atoms with Crippen LogP contribution < -0.4 is 9.30 Å². The van der Waals surface area contributed by atoms with Gasteiger partial charge in [-0.15, -0.1) is 0 Å². The standard InChI is InChI=1S/C20H18NO/c1-15-14-21-19(17-10-6-3-7-11-17)12-18(13-20(21)22-15)16-8-4-2-5-9-16/h2-13,15H,14H2,1H3/q+1. The SMILES string of the molecule is CC1C[n+]2c(cc(-c3ccccc3)cc2-c2ccccc2)O1. The Bertz CT molecular complexity index is 797. The van der Waals surface area contributed by atoms with E-state index < -0.39 is 0 Å². The van der Waals surface area contributed by atoms with Crippen molar-refractivity contribution in [2.75, 3.05) is 0 Å². The molecule has 0 amide bonds. The number of rotatable bonds is 2. The average molecular weight is 288 g/mol. The van der Waals surface area contributed by atoms with Crippen LogP contribution in [0, 0.1) is 0 Å². The molecule has 3 aromatic rings. The van der Waals surface area contributed by atoms with Crippen molar-refractivity contribution in [3.05, 3.63) is 72.8 Å². The molecule has 0 saturated heterocycles. The van der Waals surface area contributed by atoms with Crippen LogP contribution in [0.25, 0.3) is 22.4 Å². The molecule has 0 bridgehead atoms. The summed E-state index contributed by atoms with van der Waals surface area (Å²) >= 11 is 0. The Hall–Kier alpha value is -2.61. The van der Waals surface area contributed by atoms with Crippen molar-refractivity contribution in [2.45, 2.75) is 19.6 Å². The fourth-order valence-corrected chi connectivity index (χ4v) is 3.03. The predicted octanol–water partition coefficient (Wildman–Crippen LogP) is 4.09. The van der Waals surface area contributed by atoms with Gasteiger partial charge in [0, 0.05) is 11.6 Å². The van der Waals surface area contributed by atoms with Gasteiger partial charge in [-0.25, -0.2) is 0 Å². The Morgan fingerprint density at radius 1 is 0.818 bits per heavy atom. The molecule has 4 rings (SSSR count). The number of pyridine rings is 1. The summed E-state index contributed by atoms with van der Waals surface area (Å²) in [6.07, 6.45) is 0.216. The Morgan fingerprint density at radius 2 is 1.45 bits per heavy atom. The minimum Gasteiger partial charge on any atom is -0.435 e. The van der Waals surface area contributed by atoms with Gasteiger partial charge in [-0.2, -0.15) is 4.57 Å². The zero-order valence-electron chi connectivity index (χ0n) is 12.6. The van der Waals surface area contributed by atoms with Crippen LogP contribution in [0.4, 0.5) is 0 Å². The van der Waals surface area contributed by atoms with Gasteiger partial charge < -0.3 is 4.74 Å². The average Bonchev–Trinajstić information content (AvgIpc) is 2.95. The minimum atomic E-state index is 0.216. The highest BCUT2D eigenvalue weighted by atomic mass is 16.5. The molecule has 1 atom stereocenters. The van der Waals surface area contributed by atoms with Crippen LogP contribution in [0.1, 0.15) is 6.92 Å². The van der Waals surface area contributed by atoms with Crippen LogP contribution in [-0.2, 0) is 6.54 Å². The number of benzene rings is 2. The summed E-state index contributed by atoms with van der Waals surface area (Å²) < 4.78 is 8.26. The van der Waals surface area contributed by atoms with E-state index >= 15 is 0 Å². The molecule has 1 aliphatic rings. The van der Waals surface area contributed by atoms with Gasteiger partial charge in [0.1, 0.15) is 0 Å². The van der Waals surface area contributed by atoms with Crippen LogP contribution >= 0.6 is 0 Å². The molecule has 2 heteroatoms. The number of hydrogen-bond acceptors (Lipinski definition) is 1. The molecule has 22 heavy (non-hydrogen) atoms. The lowest BCUT2D eigenvalue weighted by Crippen LogP contribution is -2.34. The first-order chi connectivity index (χ1) is 10.8. The minimum absolute atomic E-state index is 0.216. The molecule has 2 nitrogen and oxygen atoms in total. The summed E-state index contributed by atoms with van der Waals surface area (Å²) in [4.78, 5) is 0. The van der Waals surface area contributed by atoms with E-state index in [0.717, 1.165) is 12.4 Å². The van der Waals surface area contributed by atoms with Gasteiger partial charge >= 0.3 is 5.88 Å². The maximum absolute atomic E-state index is 5.99. The lowest BCUT2D eigenvalue weighted by Gasteiger charge is -2.06. The highest BCUT2D eigenvalue weighted by Gasteiger charge is 2.31. The molecule has 1 aliphatic heterocycles. The van der Waals surface area contributed by atoms with Gasteiger partial charge in [0.25, 0.3) is 0 Å². The van der Waals surface area contributed by atoms with Crippen molar-refractivity contribution in [1.82, 2.24) is 0 Å². The van der Waals surface area contributed by atoms with E-state index in [2.05, 4.69) is 78.2 Å². The van der Waals surface area contributed by atoms with Gasteiger partial charge in [0.05, 0.1) is 6.07 Å². The zero-order chi connectivity index (χ0) is 14.9. The van der Waals surface area contributed by atoms with E-state index in [0.29, 0.717) is 0 Å². The first kappa shape index (κ1) is 13.1. The van der Waals surface area contributed by atoms with Crippen LogP contribution in [-0.4, -0.2) is 6.10 Å². The second-order valence-corrected chi connectivity index (χ2v) is 5.74. The largest absolute Gasteiger partial charge is 0.435 e. The molecule has 0 fully saturated rings. The third kappa shape index (κ3) is 2.27. The smallest absolute Gasteiger partial charge is 0.369 e. The van der Waals surface area contributed by atoms with Crippen molar-refractivity contribution in [1.29, 1.82) is 0 Å². The van der Waals surface area contributed by atoms with Crippen molar-refractivity contribution in [3.8, 4) is 28.3 Å². The first-order valence-electron chi connectivity index (χ1n) is 7.66. The molecule has 0 aliphatic carbocycles. The number of aromatic nitrogens is 1. The maximum atomic E-state index is 5.99. The van der Waals surface area contributed by atoms with Crippen LogP contribution in [0.2, 0.25) is 0 Å². The Labute approximate surface area is 130 Å². The fraction of sp³-hybridized carbons (Fsp3) is 0.150. The van der Waals surface area contributed by atoms with Crippen LogP contribution in [0.3, 0.4) is 0 Å². The number of nitrogens with zero attached hydrogens (tertiary/aromatic N) is 1. The van der Waals surface area contributed by atoms with E-state index in [1.165, 1.54) is 22.4 Å². The highest BCUT2D eigenvalue weighted by Crippen LogP contribution is 2.29. The Balaban J connectivity index is 1.92. The molecule has 0 saturated carbocycles. The molecule has 108 valence electrons. The summed E-state index contributed by atoms with van der Waals surface area (Å²) in [5.74, 6) is 0.952. The van der Waals surface area contributed by atoms with Crippen LogP contribution in [0.15, 0.2) is 72.8 Å². The van der Waals surface area contributed by atoms with Crippen molar-refractivity contribution in [3.63, 3.8) is 0 Å². The lowest BCUT2D eigenvalue weighted by molar-refractivity contribution is -0.670. The Kier molecular flexibility index (Phi) is 3.15. The Morgan fingerprint density at radius 3 is 2.14 bits per heavy atom. The molecule has 1 unspecified atom stereocenters. The number of ether oxygens (including phenoxy) is 1. The molecular weight excluding hydrogens is 270 g/mol. The molecular formula is C20H18NO+. The fourth-order valence-electron chi connectivity index (χ4n) is 3.03. The molecule has 0 radical (unpaired) electrons. The first-order valence-corrected chi connectivity index (χ1v) is 7.66. The molecule has 2 aromatic carbocycles. The third-order valence-corrected chi connectivity index (χ3v) is 4.07. The van der Waals surface area contributed by atoms with E-state index in [1.807, 2.05) is 6.07 Å². The number of hydrogen-bond donors (Lipinski definition) is 0. The summed E-state index contributed by atoms with van der Waals surface area (Å²) in [6.45, 7) is 3.01. The van der Waals surface area contributed by atoms with Gasteiger partial charge in [0.15, 0.2) is 12.6 Å². The van der Waals surface area contributed by atoms with E-state index in [9.17, 15) is 0 Å². The topological polar surface area (TPSA) is 13.1 Å². The van der Waals surface area contributed by atoms with Gasteiger partial charge in [0.2, 0.25) is 5.69 Å². The molecule has 0 N–H and O–H groups in total. The van der Waals surface area contributed by atoms with Crippen molar-refractivity contribution < 1.29 is 9.30 Å². The van der Waals surface area contributed by atoms with Crippen molar-refractivity contribution in [2.24, 2.45) is 0 Å². The summed E-state index contributed by atoms with van der Waals surface area (Å²) in [6, 6.07) is 25.4. The maximum Gasteiger partial charge on any atom is 0.369 e. The molecule has 2 heterocycles. The summed E-state index contributed by atoms with van der Waals surface area (Å²) in [7, 11) is 0. The van der Waals surface area contributed by atoms with Gasteiger partial charge in [-0.1, -0.05) is 48.5 Å². The van der Waals surface area contributed by atoms with E-state index in [4.69, 9.17) is 4.74 Å². The second-order valence-electron chi connectivity index (χ2n) is 5.74. The second kappa shape index (κ2) is 5.30. The summed E-state index contributed by atoms with van der Waals surface area (Å²) in [5, 5.41) is 0. The normalized spacial score (nSPS) is 16.1. The zero-order valence-corrected chi connectivity index (χ0v) is 12.6. The van der Waals surface area contributed by atoms with E-state index in [1.54, 1.807) is 0 Å². The summed E-state index contributed by atoms with van der Waals surface area (Å²) in [5.41, 5.74) is 4.84. The van der Waals surface area contributed by atoms with Crippen molar-refractivity contribution >= 4 is 0 Å². The quantitative estimate of drug-likeness (QED) is 0.647. The highest BCUT2D eigenvalue weighted by molar-refractivity contribution is 5.69. The lowest BCUT2D eigenvalue weighted by atomic mass is 10.0. The third-order valence-electron chi connectivity index (χ3n) is 4.07. The predicted molar refractivity (Wildman–Crippen MR) is 87.6 cm³/mol. The van der Waals surface area contributed by atoms with Gasteiger partial charge in [-0.05, 0) is 30.2 Å². The molecule has 0 spiro atoms. The van der Waals surface area contributed by atoms with Crippen LogP contribution in [0.5, 0.6) is 5.88 Å². The molecule has 1 aromatic heterocycles.